The Morgan fingerprint density at radius 2 is 1.75 bits per heavy atom. The lowest BCUT2D eigenvalue weighted by Gasteiger charge is -2.20. The number of carbonyl (C=O) groups is 2. The highest BCUT2D eigenvalue weighted by molar-refractivity contribution is 5.69. The van der Waals surface area contributed by atoms with E-state index in [1.807, 2.05) is 0 Å². The van der Waals surface area contributed by atoms with Crippen LogP contribution in [0.5, 0.6) is 0 Å². The molecule has 2 heterocycles. The van der Waals surface area contributed by atoms with Crippen LogP contribution in [0, 0.1) is 0 Å². The SMILES string of the molecule is Nc1ccn([C@@H]2O[C@H](COC(=O)CCCCCCCCCC(=O)O)[C@@H](O)C2(F)F)c(=O)n1. The van der Waals surface area contributed by atoms with Gasteiger partial charge in [0.1, 0.15) is 18.5 Å². The van der Waals surface area contributed by atoms with Crippen molar-refractivity contribution < 1.29 is 38.1 Å². The first-order chi connectivity index (χ1) is 15.1. The first-order valence-corrected chi connectivity index (χ1v) is 10.6. The predicted molar refractivity (Wildman–Crippen MR) is 108 cm³/mol. The summed E-state index contributed by atoms with van der Waals surface area (Å²) < 4.78 is 39.5. The molecule has 0 bridgehead atoms. The quantitative estimate of drug-likeness (QED) is 0.295. The van der Waals surface area contributed by atoms with E-state index in [1.54, 1.807) is 0 Å². The van der Waals surface area contributed by atoms with Gasteiger partial charge in [-0.1, -0.05) is 32.1 Å². The second-order valence-electron chi connectivity index (χ2n) is 7.74. The molecule has 1 aliphatic rings. The molecule has 12 heteroatoms. The molecule has 0 spiro atoms. The molecular formula is C20H29F2N3O7. The number of alkyl halides is 2. The Hall–Kier alpha value is -2.60. The monoisotopic (exact) mass is 461 g/mol. The molecule has 1 saturated heterocycles. The molecule has 1 aliphatic heterocycles. The smallest absolute Gasteiger partial charge is 0.351 e. The van der Waals surface area contributed by atoms with Gasteiger partial charge in [-0.2, -0.15) is 13.8 Å². The van der Waals surface area contributed by atoms with Gasteiger partial charge in [-0.15, -0.1) is 0 Å². The van der Waals surface area contributed by atoms with E-state index in [0.717, 1.165) is 44.4 Å². The van der Waals surface area contributed by atoms with Crippen molar-refractivity contribution >= 4 is 17.8 Å². The number of hydrogen-bond donors (Lipinski definition) is 3. The summed E-state index contributed by atoms with van der Waals surface area (Å²) in [5, 5.41) is 18.5. The number of nitrogens with two attached hydrogens (primary N) is 1. The number of unbranched alkanes of at least 4 members (excludes halogenated alkanes) is 6. The van der Waals surface area contributed by atoms with Crippen molar-refractivity contribution in [3.05, 3.63) is 22.7 Å². The highest BCUT2D eigenvalue weighted by atomic mass is 19.3. The van der Waals surface area contributed by atoms with Crippen LogP contribution < -0.4 is 11.4 Å². The molecule has 0 saturated carbocycles. The number of esters is 1. The number of rotatable bonds is 13. The van der Waals surface area contributed by atoms with Gasteiger partial charge in [0.2, 0.25) is 6.23 Å². The molecular weight excluding hydrogens is 432 g/mol. The zero-order chi connectivity index (χ0) is 23.7. The molecule has 4 N–H and O–H groups in total. The van der Waals surface area contributed by atoms with E-state index in [1.165, 1.54) is 0 Å². The number of carboxylic acid groups (broad SMARTS) is 1. The van der Waals surface area contributed by atoms with Crippen LogP contribution in [0.4, 0.5) is 14.6 Å². The number of anilines is 1. The molecule has 1 fully saturated rings. The van der Waals surface area contributed by atoms with Crippen molar-refractivity contribution in [2.75, 3.05) is 12.3 Å². The summed E-state index contributed by atoms with van der Waals surface area (Å²) in [5.74, 6) is -5.34. The van der Waals surface area contributed by atoms with Crippen LogP contribution in [0.1, 0.15) is 64.0 Å². The summed E-state index contributed by atoms with van der Waals surface area (Å²) in [4.78, 5) is 37.5. The molecule has 32 heavy (non-hydrogen) atoms. The zero-order valence-electron chi connectivity index (χ0n) is 17.6. The minimum absolute atomic E-state index is 0.100. The van der Waals surface area contributed by atoms with E-state index in [4.69, 9.17) is 20.3 Å². The maximum Gasteiger partial charge on any atom is 0.351 e. The zero-order valence-corrected chi connectivity index (χ0v) is 17.6. The third-order valence-corrected chi connectivity index (χ3v) is 5.16. The number of aliphatic hydroxyl groups is 1. The normalized spacial score (nSPS) is 22.0. The van der Waals surface area contributed by atoms with Gasteiger partial charge in [0.25, 0.3) is 0 Å². The van der Waals surface area contributed by atoms with Crippen LogP contribution in [0.2, 0.25) is 0 Å². The van der Waals surface area contributed by atoms with E-state index in [-0.39, 0.29) is 18.7 Å². The van der Waals surface area contributed by atoms with Crippen molar-refractivity contribution in [1.82, 2.24) is 9.55 Å². The molecule has 10 nitrogen and oxygen atoms in total. The number of carbonyl (C=O) groups excluding carboxylic acids is 1. The van der Waals surface area contributed by atoms with Crippen LogP contribution in [-0.2, 0) is 19.1 Å². The van der Waals surface area contributed by atoms with Crippen molar-refractivity contribution in [3.63, 3.8) is 0 Å². The third-order valence-electron chi connectivity index (χ3n) is 5.16. The van der Waals surface area contributed by atoms with E-state index in [0.29, 0.717) is 17.4 Å². The molecule has 0 amide bonds. The number of nitrogen functional groups attached to an aromatic ring is 1. The Kier molecular flexibility index (Phi) is 9.51. The molecule has 0 aliphatic carbocycles. The maximum absolute atomic E-state index is 14.4. The Labute approximate surface area is 183 Å². The fraction of sp³-hybridized carbons (Fsp3) is 0.700. The van der Waals surface area contributed by atoms with Gasteiger partial charge >= 0.3 is 23.6 Å². The maximum atomic E-state index is 14.4. The fourth-order valence-corrected chi connectivity index (χ4v) is 3.39. The van der Waals surface area contributed by atoms with Crippen LogP contribution >= 0.6 is 0 Å². The van der Waals surface area contributed by atoms with Gasteiger partial charge in [-0.3, -0.25) is 14.2 Å². The van der Waals surface area contributed by atoms with Crippen molar-refractivity contribution in [3.8, 4) is 0 Å². The Morgan fingerprint density at radius 1 is 1.16 bits per heavy atom. The molecule has 0 unspecified atom stereocenters. The van der Waals surface area contributed by atoms with E-state index < -0.39 is 48.6 Å². The number of nitrogens with zero attached hydrogens (tertiary/aromatic N) is 2. The molecule has 1 aromatic rings. The Bertz CT molecular complexity index is 834. The lowest BCUT2D eigenvalue weighted by atomic mass is 10.1. The first kappa shape index (κ1) is 25.7. The number of carboxylic acids is 1. The van der Waals surface area contributed by atoms with Gasteiger partial charge in [-0.25, -0.2) is 4.79 Å². The predicted octanol–water partition coefficient (Wildman–Crippen LogP) is 1.86. The molecule has 3 atom stereocenters. The highest BCUT2D eigenvalue weighted by Gasteiger charge is 2.60. The number of aromatic nitrogens is 2. The molecule has 180 valence electrons. The summed E-state index contributed by atoms with van der Waals surface area (Å²) in [6, 6.07) is 1.15. The van der Waals surface area contributed by atoms with Crippen LogP contribution in [-0.4, -0.2) is 56.4 Å². The number of hydrogen-bond acceptors (Lipinski definition) is 8. The van der Waals surface area contributed by atoms with Gasteiger partial charge in [-0.05, 0) is 18.9 Å². The van der Waals surface area contributed by atoms with Crippen LogP contribution in [0.3, 0.4) is 0 Å². The highest BCUT2D eigenvalue weighted by Crippen LogP contribution is 2.42. The standard InChI is InChI=1S/C20H29F2N3O7/c21-20(22)17(29)13(32-18(20)25-11-10-14(23)24-19(25)30)12-31-16(28)9-7-5-3-1-2-4-6-8-15(26)27/h10-11,13,17-18,29H,1-9,12H2,(H,26,27)(H2,23,24,30)/t13-,17-,18-/m1/s1. The summed E-state index contributed by atoms with van der Waals surface area (Å²) in [6.07, 6.45) is 0.994. The van der Waals surface area contributed by atoms with Crippen molar-refractivity contribution in [1.29, 1.82) is 0 Å². The molecule has 2 rings (SSSR count). The van der Waals surface area contributed by atoms with Crippen molar-refractivity contribution in [2.24, 2.45) is 0 Å². The second-order valence-corrected chi connectivity index (χ2v) is 7.74. The van der Waals surface area contributed by atoms with Gasteiger partial charge in [0, 0.05) is 19.0 Å². The van der Waals surface area contributed by atoms with Crippen molar-refractivity contribution in [2.45, 2.75) is 82.1 Å². The van der Waals surface area contributed by atoms with Gasteiger partial charge in [0.05, 0.1) is 0 Å². The summed E-state index contributed by atoms with van der Waals surface area (Å²) in [6.45, 7) is -0.577. The van der Waals surface area contributed by atoms with Gasteiger partial charge < -0.3 is 25.4 Å². The minimum Gasteiger partial charge on any atom is -0.481 e. The fourth-order valence-electron chi connectivity index (χ4n) is 3.39. The average molecular weight is 461 g/mol. The number of halogens is 2. The number of aliphatic carboxylic acids is 1. The van der Waals surface area contributed by atoms with E-state index >= 15 is 0 Å². The summed E-state index contributed by atoms with van der Waals surface area (Å²) in [5.41, 5.74) is 4.29. The van der Waals surface area contributed by atoms with E-state index in [9.17, 15) is 28.3 Å². The summed E-state index contributed by atoms with van der Waals surface area (Å²) in [7, 11) is 0. The van der Waals surface area contributed by atoms with Crippen LogP contribution in [0.25, 0.3) is 0 Å². The molecule has 0 aromatic carbocycles. The molecule has 1 aromatic heterocycles. The molecule has 0 radical (unpaired) electrons. The second kappa shape index (κ2) is 11.9. The lowest BCUT2D eigenvalue weighted by Crippen LogP contribution is -2.42. The van der Waals surface area contributed by atoms with Crippen LogP contribution in [0.15, 0.2) is 17.1 Å². The third kappa shape index (κ3) is 7.23. The topological polar surface area (TPSA) is 154 Å². The Balaban J connectivity index is 1.69. The number of aliphatic hydroxyl groups excluding tert-OH is 1. The number of ether oxygens (including phenoxy) is 2. The van der Waals surface area contributed by atoms with Gasteiger partial charge in [0.15, 0.2) is 6.10 Å². The first-order valence-electron chi connectivity index (χ1n) is 10.6. The van der Waals surface area contributed by atoms with E-state index in [2.05, 4.69) is 4.98 Å². The Morgan fingerprint density at radius 3 is 2.34 bits per heavy atom. The largest absolute Gasteiger partial charge is 0.481 e. The summed E-state index contributed by atoms with van der Waals surface area (Å²) >= 11 is 0. The average Bonchev–Trinajstić information content (AvgIpc) is 2.94. The minimum atomic E-state index is -3.80. The lowest BCUT2D eigenvalue weighted by molar-refractivity contribution is -0.150.